The number of carbonyl (C=O) groups is 2. The van der Waals surface area contributed by atoms with Gasteiger partial charge < -0.3 is 10.1 Å². The molecule has 2 aliphatic carbocycles. The lowest BCUT2D eigenvalue weighted by molar-refractivity contribution is -0.114. The predicted molar refractivity (Wildman–Crippen MR) is 85.8 cm³/mol. The third kappa shape index (κ3) is 2.94. The Morgan fingerprint density at radius 1 is 1.35 bits per heavy atom. The van der Waals surface area contributed by atoms with Crippen molar-refractivity contribution in [2.24, 2.45) is 5.84 Å². The zero-order valence-corrected chi connectivity index (χ0v) is 13.6. The van der Waals surface area contributed by atoms with Gasteiger partial charge in [0.25, 0.3) is 0 Å². The van der Waals surface area contributed by atoms with E-state index >= 15 is 0 Å². The molecular formula is C17H21N3O3. The summed E-state index contributed by atoms with van der Waals surface area (Å²) in [7, 11) is 0. The molecule has 0 saturated heterocycles. The highest BCUT2D eigenvalue weighted by Crippen LogP contribution is 2.42. The van der Waals surface area contributed by atoms with Gasteiger partial charge in [-0.1, -0.05) is 0 Å². The van der Waals surface area contributed by atoms with Crippen LogP contribution in [-0.2, 0) is 9.53 Å². The van der Waals surface area contributed by atoms with Gasteiger partial charge in [0.1, 0.15) is 5.60 Å². The second-order valence-electron chi connectivity index (χ2n) is 6.92. The summed E-state index contributed by atoms with van der Waals surface area (Å²) in [5, 5.41) is 4.20. The van der Waals surface area contributed by atoms with Gasteiger partial charge >= 0.3 is 6.09 Å². The van der Waals surface area contributed by atoms with Crippen molar-refractivity contribution in [3.63, 3.8) is 0 Å². The molecule has 0 bridgehead atoms. The average Bonchev–Trinajstić information content (AvgIpc) is 2.72. The third-order valence-electron chi connectivity index (χ3n) is 4.00. The Bertz CT molecular complexity index is 692. The predicted octanol–water partition coefficient (Wildman–Crippen LogP) is 2.07. The van der Waals surface area contributed by atoms with Gasteiger partial charge in [0.2, 0.25) is 0 Å². The molecule has 1 unspecified atom stereocenters. The number of nitrogens with zero attached hydrogens (tertiary/aromatic N) is 1. The van der Waals surface area contributed by atoms with Gasteiger partial charge in [0.05, 0.1) is 6.04 Å². The van der Waals surface area contributed by atoms with Crippen LogP contribution in [0.5, 0.6) is 0 Å². The molecule has 0 spiro atoms. The highest BCUT2D eigenvalue weighted by molar-refractivity contribution is 5.94. The fourth-order valence-corrected chi connectivity index (χ4v) is 3.09. The summed E-state index contributed by atoms with van der Waals surface area (Å²) in [4.78, 5) is 24.3. The van der Waals surface area contributed by atoms with Crippen LogP contribution in [0.25, 0.3) is 0 Å². The second kappa shape index (κ2) is 5.38. The van der Waals surface area contributed by atoms with Crippen molar-refractivity contribution in [3.05, 3.63) is 46.8 Å². The van der Waals surface area contributed by atoms with Crippen LogP contribution in [0, 0.1) is 0 Å². The molecule has 1 atom stereocenters. The summed E-state index contributed by atoms with van der Waals surface area (Å²) in [6.07, 6.45) is 7.38. The van der Waals surface area contributed by atoms with Crippen molar-refractivity contribution in [1.29, 1.82) is 0 Å². The molecule has 1 heterocycles. The summed E-state index contributed by atoms with van der Waals surface area (Å²) < 4.78 is 5.35. The van der Waals surface area contributed by atoms with Gasteiger partial charge in [-0.3, -0.25) is 4.79 Å². The van der Waals surface area contributed by atoms with Crippen molar-refractivity contribution < 1.29 is 14.3 Å². The first-order valence-corrected chi connectivity index (χ1v) is 7.63. The standard InChI is InChI=1S/C17H21N3O3/c1-17(2,3)23-16(22)20(18)14-6-11-9-19-8-10-4-5-12(21)7-13(14)15(10)11/h4-5,8-9,14,19H,6-7,18H2,1-3H3. The van der Waals surface area contributed by atoms with E-state index in [9.17, 15) is 9.59 Å². The van der Waals surface area contributed by atoms with Crippen LogP contribution in [-0.4, -0.2) is 28.5 Å². The van der Waals surface area contributed by atoms with Gasteiger partial charge in [0, 0.05) is 25.2 Å². The Balaban J connectivity index is 1.92. The molecular weight excluding hydrogens is 294 g/mol. The van der Waals surface area contributed by atoms with Crippen LogP contribution in [0.15, 0.2) is 46.8 Å². The van der Waals surface area contributed by atoms with Gasteiger partial charge in [0.15, 0.2) is 5.78 Å². The summed E-state index contributed by atoms with van der Waals surface area (Å²) >= 11 is 0. The Labute approximate surface area is 135 Å². The van der Waals surface area contributed by atoms with Crippen LogP contribution in [0.3, 0.4) is 0 Å². The summed E-state index contributed by atoms with van der Waals surface area (Å²) in [5.74, 6) is 6.05. The zero-order chi connectivity index (χ0) is 16.8. The molecule has 3 rings (SSSR count). The van der Waals surface area contributed by atoms with Crippen LogP contribution in [0.2, 0.25) is 0 Å². The second-order valence-corrected chi connectivity index (χ2v) is 6.92. The molecule has 1 aliphatic heterocycles. The van der Waals surface area contributed by atoms with E-state index in [1.807, 2.05) is 12.4 Å². The molecule has 0 aromatic carbocycles. The van der Waals surface area contributed by atoms with E-state index < -0.39 is 11.7 Å². The molecule has 122 valence electrons. The minimum atomic E-state index is -0.620. The maximum absolute atomic E-state index is 12.3. The van der Waals surface area contributed by atoms with Crippen molar-refractivity contribution in [2.45, 2.75) is 45.3 Å². The number of hydrogen-bond donors (Lipinski definition) is 2. The molecule has 0 radical (unpaired) electrons. The molecule has 6 heteroatoms. The SMILES string of the molecule is CC(C)(C)OC(=O)N(N)C1CC2=CNC=C3C=CC(=O)CC1=C32. The fourth-order valence-electron chi connectivity index (χ4n) is 3.09. The van der Waals surface area contributed by atoms with Gasteiger partial charge in [-0.25, -0.2) is 15.6 Å². The lowest BCUT2D eigenvalue weighted by atomic mass is 9.98. The average molecular weight is 315 g/mol. The fraction of sp³-hybridized carbons (Fsp3) is 0.412. The number of nitrogens with one attached hydrogen (secondary N) is 1. The van der Waals surface area contributed by atoms with E-state index in [-0.39, 0.29) is 18.2 Å². The number of carbonyl (C=O) groups excluding carboxylic acids is 2. The smallest absolute Gasteiger partial charge is 0.425 e. The van der Waals surface area contributed by atoms with Gasteiger partial charge in [-0.05, 0) is 55.2 Å². The van der Waals surface area contributed by atoms with E-state index in [0.717, 1.165) is 27.3 Å². The lowest BCUT2D eigenvalue weighted by Crippen LogP contribution is -2.48. The first-order valence-electron chi connectivity index (χ1n) is 7.63. The molecule has 3 aliphatic rings. The number of hydrazine groups is 1. The molecule has 0 aromatic heterocycles. The van der Waals surface area contributed by atoms with Crippen LogP contribution >= 0.6 is 0 Å². The first kappa shape index (κ1) is 15.6. The van der Waals surface area contributed by atoms with Crippen LogP contribution in [0.1, 0.15) is 33.6 Å². The zero-order valence-electron chi connectivity index (χ0n) is 13.6. The number of ether oxygens (including phenoxy) is 1. The number of hydrogen-bond acceptors (Lipinski definition) is 5. The summed E-state index contributed by atoms with van der Waals surface area (Å²) in [5.41, 5.74) is 3.29. The molecule has 0 fully saturated rings. The van der Waals surface area contributed by atoms with E-state index in [2.05, 4.69) is 5.32 Å². The maximum atomic E-state index is 12.3. The number of rotatable bonds is 1. The van der Waals surface area contributed by atoms with E-state index in [4.69, 9.17) is 10.6 Å². The molecule has 23 heavy (non-hydrogen) atoms. The third-order valence-corrected chi connectivity index (χ3v) is 4.00. The summed E-state index contributed by atoms with van der Waals surface area (Å²) in [6, 6.07) is -0.363. The van der Waals surface area contributed by atoms with Crippen LogP contribution < -0.4 is 11.2 Å². The van der Waals surface area contributed by atoms with Gasteiger partial charge in [-0.2, -0.15) is 0 Å². The Hall–Kier alpha value is -2.34. The molecule has 0 saturated carbocycles. The number of nitrogens with two attached hydrogens (primary N) is 1. The largest absolute Gasteiger partial charge is 0.443 e. The van der Waals surface area contributed by atoms with E-state index in [1.54, 1.807) is 32.9 Å². The molecule has 1 amide bonds. The van der Waals surface area contributed by atoms with Crippen molar-refractivity contribution in [3.8, 4) is 0 Å². The normalized spacial score (nSPS) is 22.8. The first-order chi connectivity index (χ1) is 10.8. The topological polar surface area (TPSA) is 84.7 Å². The molecule has 6 nitrogen and oxygen atoms in total. The minimum absolute atomic E-state index is 0.00615. The Morgan fingerprint density at radius 3 is 2.78 bits per heavy atom. The van der Waals surface area contributed by atoms with E-state index in [0.29, 0.717) is 6.42 Å². The van der Waals surface area contributed by atoms with Crippen molar-refractivity contribution in [2.75, 3.05) is 0 Å². The summed E-state index contributed by atoms with van der Waals surface area (Å²) in [6.45, 7) is 5.38. The molecule has 0 aromatic rings. The van der Waals surface area contributed by atoms with Crippen molar-refractivity contribution in [1.82, 2.24) is 10.3 Å². The highest BCUT2D eigenvalue weighted by atomic mass is 16.6. The van der Waals surface area contributed by atoms with E-state index in [1.165, 1.54) is 0 Å². The van der Waals surface area contributed by atoms with Crippen LogP contribution in [0.4, 0.5) is 4.79 Å². The maximum Gasteiger partial charge on any atom is 0.425 e. The lowest BCUT2D eigenvalue weighted by Gasteiger charge is -2.29. The molecule has 3 N–H and O–H groups in total. The Morgan fingerprint density at radius 2 is 2.09 bits per heavy atom. The number of amides is 1. The number of dihydropyridines is 1. The highest BCUT2D eigenvalue weighted by Gasteiger charge is 2.39. The monoisotopic (exact) mass is 315 g/mol. The minimum Gasteiger partial charge on any atom is -0.443 e. The van der Waals surface area contributed by atoms with Crippen molar-refractivity contribution >= 4 is 11.9 Å². The quantitative estimate of drug-likeness (QED) is 0.439. The number of ketones is 1. The Kier molecular flexibility index (Phi) is 3.64. The number of allylic oxidation sites excluding steroid dienone is 4. The van der Waals surface area contributed by atoms with Gasteiger partial charge in [-0.15, -0.1) is 0 Å².